The van der Waals surface area contributed by atoms with Gasteiger partial charge in [-0.05, 0) is 25.1 Å². The molecule has 1 aliphatic rings. The Bertz CT molecular complexity index is 959. The van der Waals surface area contributed by atoms with Crippen LogP contribution in [-0.2, 0) is 16.1 Å². The Morgan fingerprint density at radius 1 is 1.55 bits per heavy atom. The van der Waals surface area contributed by atoms with Crippen LogP contribution in [0.4, 0.5) is 20.6 Å². The van der Waals surface area contributed by atoms with E-state index in [1.165, 1.54) is 28.9 Å². The highest BCUT2D eigenvalue weighted by atomic mass is 32.1. The lowest BCUT2D eigenvalue weighted by Crippen LogP contribution is -2.33. The van der Waals surface area contributed by atoms with E-state index >= 15 is 0 Å². The van der Waals surface area contributed by atoms with Gasteiger partial charge < -0.3 is 20.3 Å². The molecule has 2 heterocycles. The van der Waals surface area contributed by atoms with Gasteiger partial charge in [0.15, 0.2) is 0 Å². The average Bonchev–Trinajstić information content (AvgIpc) is 3.32. The lowest BCUT2D eigenvalue weighted by molar-refractivity contribution is -0.119. The molecule has 9 nitrogen and oxygen atoms in total. The van der Waals surface area contributed by atoms with E-state index in [0.29, 0.717) is 25.3 Å². The maximum absolute atomic E-state index is 14.8. The number of halogens is 1. The largest absolute Gasteiger partial charge is 0.442 e. The summed E-state index contributed by atoms with van der Waals surface area (Å²) in [7, 11) is 0. The molecule has 0 spiro atoms. The molecule has 1 aliphatic heterocycles. The highest BCUT2D eigenvalue weighted by molar-refractivity contribution is 7.09. The first-order valence-corrected chi connectivity index (χ1v) is 10.7. The number of nitrogens with one attached hydrogen (secondary N) is 3. The number of amides is 2. The van der Waals surface area contributed by atoms with E-state index in [0.717, 1.165) is 17.0 Å². The quantitative estimate of drug-likeness (QED) is 0.291. The van der Waals surface area contributed by atoms with Gasteiger partial charge in [-0.2, -0.15) is 0 Å². The molecule has 0 unspecified atom stereocenters. The summed E-state index contributed by atoms with van der Waals surface area (Å²) in [4.78, 5) is 30.3. The predicted octanol–water partition coefficient (Wildman–Crippen LogP) is 2.50. The fourth-order valence-electron chi connectivity index (χ4n) is 3.13. The molecule has 1 atom stereocenters. The first-order valence-electron chi connectivity index (χ1n) is 9.78. The number of thiazole rings is 1. The van der Waals surface area contributed by atoms with Gasteiger partial charge in [0.2, 0.25) is 5.91 Å². The van der Waals surface area contributed by atoms with Gasteiger partial charge >= 0.3 is 6.09 Å². The fourth-order valence-corrected chi connectivity index (χ4v) is 3.87. The molecule has 1 saturated heterocycles. The molecule has 0 aliphatic carbocycles. The zero-order valence-electron chi connectivity index (χ0n) is 17.4. The van der Waals surface area contributed by atoms with Crippen LogP contribution in [0.15, 0.2) is 23.6 Å². The third-order valence-electron chi connectivity index (χ3n) is 4.63. The van der Waals surface area contributed by atoms with Gasteiger partial charge in [-0.25, -0.2) is 14.2 Å². The monoisotopic (exact) mass is 450 g/mol. The maximum Gasteiger partial charge on any atom is 0.414 e. The highest BCUT2D eigenvalue weighted by Gasteiger charge is 2.32. The number of cyclic esters (lactones) is 1. The molecule has 0 radical (unpaired) electrons. The van der Waals surface area contributed by atoms with Gasteiger partial charge in [-0.15, -0.1) is 11.3 Å². The average molecular weight is 451 g/mol. The molecule has 1 aromatic carbocycles. The summed E-state index contributed by atoms with van der Waals surface area (Å²) in [6.45, 7) is 5.29. The van der Waals surface area contributed by atoms with Gasteiger partial charge in [0.25, 0.3) is 0 Å². The van der Waals surface area contributed by atoms with Crippen LogP contribution in [0.1, 0.15) is 19.1 Å². The second kappa shape index (κ2) is 10.3. The van der Waals surface area contributed by atoms with E-state index in [1.807, 2.05) is 12.3 Å². The number of aromatic nitrogens is 1. The normalized spacial score (nSPS) is 15.6. The van der Waals surface area contributed by atoms with E-state index in [4.69, 9.17) is 10.1 Å². The number of nitrogens with zero attached hydrogens (tertiary/aromatic N) is 3. The number of hydrogen-bond acceptors (Lipinski definition) is 7. The summed E-state index contributed by atoms with van der Waals surface area (Å²) in [5.41, 5.74) is 1.58. The lowest BCUT2D eigenvalue weighted by atomic mass is 10.2. The zero-order valence-corrected chi connectivity index (χ0v) is 18.2. The molecule has 3 N–H and O–H groups in total. The van der Waals surface area contributed by atoms with E-state index in [2.05, 4.69) is 15.6 Å². The molecule has 11 heteroatoms. The molecular weight excluding hydrogens is 423 g/mol. The van der Waals surface area contributed by atoms with Crippen molar-refractivity contribution in [2.75, 3.05) is 36.0 Å². The van der Waals surface area contributed by atoms with Crippen molar-refractivity contribution >= 4 is 41.1 Å². The number of carbonyl (C=O) groups is 2. The molecule has 2 amide bonds. The van der Waals surface area contributed by atoms with Crippen LogP contribution in [0, 0.1) is 18.2 Å². The topological polar surface area (TPSA) is 111 Å². The van der Waals surface area contributed by atoms with Crippen LogP contribution in [0.25, 0.3) is 0 Å². The molecular formula is C20H27FN6O3S. The van der Waals surface area contributed by atoms with E-state index in [1.54, 1.807) is 17.4 Å². The van der Waals surface area contributed by atoms with Crippen LogP contribution in [-0.4, -0.2) is 55.6 Å². The Labute approximate surface area is 185 Å². The number of benzene rings is 1. The minimum Gasteiger partial charge on any atom is -0.442 e. The van der Waals surface area contributed by atoms with Crippen molar-refractivity contribution in [3.8, 4) is 0 Å². The fraction of sp³-hybridized carbons (Fsp3) is 0.400. The Kier molecular flexibility index (Phi) is 7.53. The molecule has 0 saturated carbocycles. The van der Waals surface area contributed by atoms with Gasteiger partial charge in [-0.3, -0.25) is 15.1 Å². The number of ether oxygens (including phenoxy) is 1. The number of rotatable bonds is 10. The number of carbonyl (C=O) groups excluding carboxylic acids is 2. The Morgan fingerprint density at radius 3 is 3.00 bits per heavy atom. The van der Waals surface area contributed by atoms with E-state index in [-0.39, 0.29) is 26.1 Å². The first kappa shape index (κ1) is 22.6. The Morgan fingerprint density at radius 2 is 2.35 bits per heavy atom. The van der Waals surface area contributed by atoms with Crippen LogP contribution in [0.5, 0.6) is 0 Å². The predicted molar refractivity (Wildman–Crippen MR) is 120 cm³/mol. The van der Waals surface area contributed by atoms with Crippen molar-refractivity contribution in [3.63, 3.8) is 0 Å². The van der Waals surface area contributed by atoms with Crippen molar-refractivity contribution in [3.05, 3.63) is 40.1 Å². The van der Waals surface area contributed by atoms with Crippen molar-refractivity contribution in [2.24, 2.45) is 0 Å². The molecule has 1 fully saturated rings. The summed E-state index contributed by atoms with van der Waals surface area (Å²) in [5.74, 6) is -0.762. The minimum absolute atomic E-state index is 0. The molecule has 1 aromatic heterocycles. The Balaban J connectivity index is 0.00000363. The Hall–Kier alpha value is -3.05. The SMILES string of the molecule is CC(=O)NC[C@H]1CN(c2ccc(N(C=N)CCNCc3nc(C)cs3)c(F)c2)C(=O)O1.[HH]. The smallest absolute Gasteiger partial charge is 0.414 e. The second-order valence-corrected chi connectivity index (χ2v) is 8.01. The van der Waals surface area contributed by atoms with Gasteiger partial charge in [0.05, 0.1) is 30.8 Å². The van der Waals surface area contributed by atoms with Crippen LogP contribution < -0.4 is 20.4 Å². The number of hydrogen-bond donors (Lipinski definition) is 3. The van der Waals surface area contributed by atoms with Crippen LogP contribution >= 0.6 is 11.3 Å². The molecule has 168 valence electrons. The number of aryl methyl sites for hydroxylation is 1. The van der Waals surface area contributed by atoms with Crippen molar-refractivity contribution in [1.29, 1.82) is 5.41 Å². The molecule has 31 heavy (non-hydrogen) atoms. The van der Waals surface area contributed by atoms with Crippen molar-refractivity contribution < 1.29 is 20.1 Å². The molecule has 3 rings (SSSR count). The summed E-state index contributed by atoms with van der Waals surface area (Å²) in [5, 5.41) is 16.4. The lowest BCUT2D eigenvalue weighted by Gasteiger charge is -2.21. The summed E-state index contributed by atoms with van der Waals surface area (Å²) in [6, 6.07) is 4.40. The van der Waals surface area contributed by atoms with E-state index < -0.39 is 18.0 Å². The third-order valence-corrected chi connectivity index (χ3v) is 5.60. The highest BCUT2D eigenvalue weighted by Crippen LogP contribution is 2.27. The standard InChI is InChI=1S/C20H25FN6O3S.H2/c1-13-11-31-19(25-13)9-23-5-6-26(12-22)18-4-3-15(7-17(18)21)27-10-16(30-20(27)29)8-24-14(2)28;/h3-4,7,11-12,16,22-23H,5-6,8-10H2,1-2H3,(H,24,28);1H/t16-;/m0./s1. The number of anilines is 2. The third kappa shape index (κ3) is 5.98. The molecule has 2 aromatic rings. The van der Waals surface area contributed by atoms with Gasteiger partial charge in [0, 0.05) is 39.1 Å². The second-order valence-electron chi connectivity index (χ2n) is 7.07. The van der Waals surface area contributed by atoms with Crippen molar-refractivity contribution in [1.82, 2.24) is 15.6 Å². The van der Waals surface area contributed by atoms with E-state index in [9.17, 15) is 14.0 Å². The van der Waals surface area contributed by atoms with Crippen LogP contribution in [0.2, 0.25) is 0 Å². The molecule has 0 bridgehead atoms. The van der Waals surface area contributed by atoms with Crippen molar-refractivity contribution in [2.45, 2.75) is 26.5 Å². The summed E-state index contributed by atoms with van der Waals surface area (Å²) >= 11 is 1.58. The van der Waals surface area contributed by atoms with Gasteiger partial charge in [-0.1, -0.05) is 0 Å². The summed E-state index contributed by atoms with van der Waals surface area (Å²) < 4.78 is 20.0. The summed E-state index contributed by atoms with van der Waals surface area (Å²) in [6.07, 6.45) is -0.0149. The maximum atomic E-state index is 14.8. The minimum atomic E-state index is -0.590. The van der Waals surface area contributed by atoms with Crippen LogP contribution in [0.3, 0.4) is 0 Å². The first-order chi connectivity index (χ1) is 14.9. The van der Waals surface area contributed by atoms with Gasteiger partial charge in [0.1, 0.15) is 16.9 Å². The zero-order chi connectivity index (χ0) is 22.4.